The minimum Gasteiger partial charge on any atom is -0.423 e. The average Bonchev–Trinajstić information content (AvgIpc) is 2.77. The first-order valence-corrected chi connectivity index (χ1v) is 9.99. The number of anilines is 1. The SMILES string of the molecule is Cc1ccc(C)c(NC(=O)C(=O)N/N=C/c2ccc(OC(=O)c3ccccc3Cl)cc2)c1. The Morgan fingerprint density at radius 3 is 2.38 bits per heavy atom. The van der Waals surface area contributed by atoms with E-state index in [0.29, 0.717) is 22.0 Å². The number of esters is 1. The zero-order chi connectivity index (χ0) is 23.1. The molecular weight excluding hydrogens is 430 g/mol. The van der Waals surface area contributed by atoms with E-state index in [1.54, 1.807) is 54.6 Å². The van der Waals surface area contributed by atoms with E-state index in [9.17, 15) is 14.4 Å². The van der Waals surface area contributed by atoms with Crippen LogP contribution in [0.2, 0.25) is 5.02 Å². The molecule has 0 saturated carbocycles. The predicted octanol–water partition coefficient (Wildman–Crippen LogP) is 4.26. The monoisotopic (exact) mass is 449 g/mol. The normalized spacial score (nSPS) is 10.6. The van der Waals surface area contributed by atoms with E-state index in [4.69, 9.17) is 16.3 Å². The maximum Gasteiger partial charge on any atom is 0.345 e. The van der Waals surface area contributed by atoms with E-state index >= 15 is 0 Å². The van der Waals surface area contributed by atoms with Crippen LogP contribution in [0.4, 0.5) is 5.69 Å². The van der Waals surface area contributed by atoms with Crippen LogP contribution in [-0.2, 0) is 9.59 Å². The molecule has 32 heavy (non-hydrogen) atoms. The van der Waals surface area contributed by atoms with Crippen LogP contribution in [0.5, 0.6) is 5.75 Å². The molecule has 0 aromatic heterocycles. The molecule has 0 bridgehead atoms. The number of hydrazone groups is 1. The Morgan fingerprint density at radius 2 is 1.66 bits per heavy atom. The zero-order valence-corrected chi connectivity index (χ0v) is 18.1. The summed E-state index contributed by atoms with van der Waals surface area (Å²) in [5.74, 6) is -1.96. The van der Waals surface area contributed by atoms with Gasteiger partial charge in [-0.1, -0.05) is 35.9 Å². The lowest BCUT2D eigenvalue weighted by atomic mass is 10.1. The Morgan fingerprint density at radius 1 is 0.938 bits per heavy atom. The second kappa shape index (κ2) is 10.4. The second-order valence-electron chi connectivity index (χ2n) is 6.91. The van der Waals surface area contributed by atoms with Gasteiger partial charge in [-0.2, -0.15) is 5.10 Å². The molecule has 0 aliphatic heterocycles. The summed E-state index contributed by atoms with van der Waals surface area (Å²) in [5.41, 5.74) is 5.44. The van der Waals surface area contributed by atoms with Gasteiger partial charge in [0.25, 0.3) is 0 Å². The number of carbonyl (C=O) groups is 3. The van der Waals surface area contributed by atoms with Crippen LogP contribution in [0.3, 0.4) is 0 Å². The Labute approximate surface area is 190 Å². The third-order valence-corrected chi connectivity index (χ3v) is 4.74. The molecule has 0 fully saturated rings. The van der Waals surface area contributed by atoms with Gasteiger partial charge in [0.15, 0.2) is 0 Å². The van der Waals surface area contributed by atoms with Crippen molar-refractivity contribution in [3.05, 3.63) is 94.0 Å². The van der Waals surface area contributed by atoms with E-state index in [2.05, 4.69) is 15.8 Å². The minimum absolute atomic E-state index is 0.265. The summed E-state index contributed by atoms with van der Waals surface area (Å²) in [7, 11) is 0. The number of rotatable bonds is 5. The van der Waals surface area contributed by atoms with Crippen molar-refractivity contribution in [1.29, 1.82) is 0 Å². The van der Waals surface area contributed by atoms with Gasteiger partial charge < -0.3 is 10.1 Å². The molecule has 0 unspecified atom stereocenters. The fourth-order valence-electron chi connectivity index (χ4n) is 2.68. The average molecular weight is 450 g/mol. The summed E-state index contributed by atoms with van der Waals surface area (Å²) in [5, 5.41) is 6.65. The number of amides is 2. The van der Waals surface area contributed by atoms with E-state index in [1.165, 1.54) is 6.21 Å². The first-order valence-electron chi connectivity index (χ1n) is 9.62. The maximum atomic E-state index is 12.2. The highest BCUT2D eigenvalue weighted by molar-refractivity contribution is 6.39. The Bertz CT molecular complexity index is 1190. The zero-order valence-electron chi connectivity index (χ0n) is 17.4. The lowest BCUT2D eigenvalue weighted by Gasteiger charge is -2.08. The Balaban J connectivity index is 1.53. The first kappa shape index (κ1) is 22.7. The quantitative estimate of drug-likeness (QED) is 0.200. The van der Waals surface area contributed by atoms with Gasteiger partial charge in [-0.05, 0) is 73.0 Å². The first-order chi connectivity index (χ1) is 15.3. The van der Waals surface area contributed by atoms with E-state index < -0.39 is 17.8 Å². The third-order valence-electron chi connectivity index (χ3n) is 4.41. The molecule has 0 aliphatic rings. The van der Waals surface area contributed by atoms with Crippen molar-refractivity contribution in [3.8, 4) is 5.75 Å². The summed E-state index contributed by atoms with van der Waals surface area (Å²) in [6.45, 7) is 3.73. The number of carbonyl (C=O) groups excluding carboxylic acids is 3. The lowest BCUT2D eigenvalue weighted by molar-refractivity contribution is -0.136. The van der Waals surface area contributed by atoms with Gasteiger partial charge in [-0.25, -0.2) is 10.2 Å². The number of nitrogens with zero attached hydrogens (tertiary/aromatic N) is 1. The molecule has 0 radical (unpaired) electrons. The molecular formula is C24H20ClN3O4. The number of nitrogens with one attached hydrogen (secondary N) is 2. The largest absolute Gasteiger partial charge is 0.423 e. The fourth-order valence-corrected chi connectivity index (χ4v) is 2.89. The van der Waals surface area contributed by atoms with Crippen LogP contribution in [0.25, 0.3) is 0 Å². The molecule has 0 heterocycles. The van der Waals surface area contributed by atoms with Crippen molar-refractivity contribution in [2.24, 2.45) is 5.10 Å². The highest BCUT2D eigenvalue weighted by atomic mass is 35.5. The summed E-state index contributed by atoms with van der Waals surface area (Å²) < 4.78 is 5.29. The van der Waals surface area contributed by atoms with Gasteiger partial charge in [0.2, 0.25) is 0 Å². The van der Waals surface area contributed by atoms with E-state index in [0.717, 1.165) is 11.1 Å². The van der Waals surface area contributed by atoms with Crippen molar-refractivity contribution < 1.29 is 19.1 Å². The number of aryl methyl sites for hydroxylation is 2. The van der Waals surface area contributed by atoms with Crippen LogP contribution in [0.15, 0.2) is 71.8 Å². The standard InChI is InChI=1S/C24H20ClN3O4/c1-15-7-8-16(2)21(13-15)27-22(29)23(30)28-26-14-17-9-11-18(12-10-17)32-24(31)19-5-3-4-6-20(19)25/h3-14H,1-2H3,(H,27,29)(H,28,30)/b26-14+. The van der Waals surface area contributed by atoms with Gasteiger partial charge in [0.05, 0.1) is 16.8 Å². The molecule has 0 aliphatic carbocycles. The van der Waals surface area contributed by atoms with E-state index in [1.807, 2.05) is 26.0 Å². The van der Waals surface area contributed by atoms with Crippen molar-refractivity contribution in [1.82, 2.24) is 5.43 Å². The molecule has 0 atom stereocenters. The fraction of sp³-hybridized carbons (Fsp3) is 0.0833. The second-order valence-corrected chi connectivity index (χ2v) is 7.32. The molecule has 0 spiro atoms. The van der Waals surface area contributed by atoms with Gasteiger partial charge in [0.1, 0.15) is 5.75 Å². The van der Waals surface area contributed by atoms with Crippen LogP contribution in [0.1, 0.15) is 27.0 Å². The summed E-state index contributed by atoms with van der Waals surface area (Å²) in [4.78, 5) is 36.2. The number of halogens is 1. The van der Waals surface area contributed by atoms with Crippen molar-refractivity contribution in [2.45, 2.75) is 13.8 Å². The highest BCUT2D eigenvalue weighted by Gasteiger charge is 2.14. The van der Waals surface area contributed by atoms with Crippen LogP contribution in [0, 0.1) is 13.8 Å². The van der Waals surface area contributed by atoms with Gasteiger partial charge in [0, 0.05) is 5.69 Å². The number of hydrogen-bond donors (Lipinski definition) is 2. The summed E-state index contributed by atoms with van der Waals surface area (Å²) >= 11 is 5.99. The molecule has 3 rings (SSSR count). The van der Waals surface area contributed by atoms with Crippen LogP contribution in [-0.4, -0.2) is 24.0 Å². The lowest BCUT2D eigenvalue weighted by Crippen LogP contribution is -2.32. The van der Waals surface area contributed by atoms with Crippen LogP contribution < -0.4 is 15.5 Å². The number of hydrogen-bond acceptors (Lipinski definition) is 5. The van der Waals surface area contributed by atoms with E-state index in [-0.39, 0.29) is 5.56 Å². The predicted molar refractivity (Wildman–Crippen MR) is 123 cm³/mol. The number of ether oxygens (including phenoxy) is 1. The Hall–Kier alpha value is -3.97. The number of benzene rings is 3. The molecule has 0 saturated heterocycles. The molecule has 2 amide bonds. The Kier molecular flexibility index (Phi) is 7.36. The molecule has 2 N–H and O–H groups in total. The van der Waals surface area contributed by atoms with Crippen molar-refractivity contribution >= 4 is 41.3 Å². The maximum absolute atomic E-state index is 12.2. The molecule has 162 valence electrons. The molecule has 8 heteroatoms. The summed E-state index contributed by atoms with van der Waals surface area (Å²) in [6.07, 6.45) is 1.36. The minimum atomic E-state index is -0.896. The summed E-state index contributed by atoms with van der Waals surface area (Å²) in [6, 6.07) is 18.6. The third kappa shape index (κ3) is 6.02. The van der Waals surface area contributed by atoms with Crippen LogP contribution >= 0.6 is 11.6 Å². The topological polar surface area (TPSA) is 96.9 Å². The smallest absolute Gasteiger partial charge is 0.345 e. The van der Waals surface area contributed by atoms with Gasteiger partial charge in [-0.3, -0.25) is 9.59 Å². The molecule has 3 aromatic carbocycles. The molecule has 3 aromatic rings. The highest BCUT2D eigenvalue weighted by Crippen LogP contribution is 2.19. The van der Waals surface area contributed by atoms with Crippen molar-refractivity contribution in [3.63, 3.8) is 0 Å². The van der Waals surface area contributed by atoms with Gasteiger partial charge >= 0.3 is 17.8 Å². The van der Waals surface area contributed by atoms with Crippen molar-refractivity contribution in [2.75, 3.05) is 5.32 Å². The molecule has 7 nitrogen and oxygen atoms in total. The van der Waals surface area contributed by atoms with Gasteiger partial charge in [-0.15, -0.1) is 0 Å².